The highest BCUT2D eigenvalue weighted by Gasteiger charge is 2.17. The number of fused-ring (bicyclic) bond motifs is 2. The van der Waals surface area contributed by atoms with Crippen LogP contribution in [0.2, 0.25) is 0 Å². The van der Waals surface area contributed by atoms with E-state index in [9.17, 15) is 4.79 Å². The van der Waals surface area contributed by atoms with E-state index in [0.29, 0.717) is 33.4 Å². The number of ether oxygens (including phenoxy) is 1. The summed E-state index contributed by atoms with van der Waals surface area (Å²) in [4.78, 5) is 18.7. The summed E-state index contributed by atoms with van der Waals surface area (Å²) in [6, 6.07) is 27.4. The summed E-state index contributed by atoms with van der Waals surface area (Å²) in [6.07, 6.45) is 8.41. The zero-order valence-corrected chi connectivity index (χ0v) is 24.5. The second-order valence-corrected chi connectivity index (χ2v) is 11.3. The molecule has 3 aromatic carbocycles. The molecule has 8 nitrogen and oxygen atoms in total. The molecule has 0 aliphatic heterocycles. The van der Waals surface area contributed by atoms with Crippen LogP contribution in [0.5, 0.6) is 5.75 Å². The van der Waals surface area contributed by atoms with Gasteiger partial charge in [-0.05, 0) is 61.0 Å². The molecule has 0 radical (unpaired) electrons. The van der Waals surface area contributed by atoms with Crippen molar-refractivity contribution in [3.8, 4) is 34.3 Å². The number of benzene rings is 3. The minimum Gasteiger partial charge on any atom is -0.494 e. The minimum absolute atomic E-state index is 0.228. The van der Waals surface area contributed by atoms with Crippen molar-refractivity contribution >= 4 is 33.3 Å². The van der Waals surface area contributed by atoms with E-state index in [1.54, 1.807) is 4.68 Å². The summed E-state index contributed by atoms with van der Waals surface area (Å²) in [5.74, 6) is 1.95. The highest BCUT2D eigenvalue weighted by atomic mass is 32.1. The molecule has 4 heterocycles. The van der Waals surface area contributed by atoms with Gasteiger partial charge in [-0.3, -0.25) is 4.79 Å². The van der Waals surface area contributed by atoms with Gasteiger partial charge in [-0.2, -0.15) is 14.6 Å². The van der Waals surface area contributed by atoms with Crippen LogP contribution in [0, 0.1) is 0 Å². The van der Waals surface area contributed by atoms with Crippen LogP contribution in [0.15, 0.2) is 100 Å². The minimum atomic E-state index is -0.228. The number of nitrogens with zero attached hydrogens (tertiary/aromatic N) is 5. The number of unbranched alkanes of at least 4 members (excludes halogenated alkanes) is 3. The highest BCUT2D eigenvalue weighted by molar-refractivity contribution is 7.15. The first-order valence-electron chi connectivity index (χ1n) is 14.4. The molecule has 0 amide bonds. The van der Waals surface area contributed by atoms with Crippen LogP contribution in [0.3, 0.4) is 0 Å². The predicted octanol–water partition coefficient (Wildman–Crippen LogP) is 6.92. The van der Waals surface area contributed by atoms with Crippen molar-refractivity contribution in [3.05, 3.63) is 112 Å². The Bertz CT molecular complexity index is 2090. The molecular formula is C34H29N5O3S. The third-order valence-corrected chi connectivity index (χ3v) is 8.23. The number of furan rings is 1. The third-order valence-electron chi connectivity index (χ3n) is 7.27. The van der Waals surface area contributed by atoms with Gasteiger partial charge in [0.1, 0.15) is 17.0 Å². The molecule has 0 unspecified atom stereocenters. The molecule has 214 valence electrons. The third kappa shape index (κ3) is 5.47. The van der Waals surface area contributed by atoms with Crippen molar-refractivity contribution in [2.75, 3.05) is 6.61 Å². The van der Waals surface area contributed by atoms with Gasteiger partial charge < -0.3 is 9.15 Å². The fourth-order valence-electron chi connectivity index (χ4n) is 5.01. The molecule has 0 aliphatic rings. The van der Waals surface area contributed by atoms with Gasteiger partial charge in [0.15, 0.2) is 11.6 Å². The monoisotopic (exact) mass is 587 g/mol. The predicted molar refractivity (Wildman–Crippen MR) is 170 cm³/mol. The van der Waals surface area contributed by atoms with E-state index < -0.39 is 0 Å². The van der Waals surface area contributed by atoms with Gasteiger partial charge >= 0.3 is 0 Å². The first kappa shape index (κ1) is 26.9. The highest BCUT2D eigenvalue weighted by Crippen LogP contribution is 2.30. The average molecular weight is 588 g/mol. The summed E-state index contributed by atoms with van der Waals surface area (Å²) >= 11 is 1.30. The topological polar surface area (TPSA) is 87.5 Å². The van der Waals surface area contributed by atoms with E-state index in [0.717, 1.165) is 40.0 Å². The van der Waals surface area contributed by atoms with Gasteiger partial charge in [0.25, 0.3) is 5.56 Å². The van der Waals surface area contributed by atoms with Crippen LogP contribution in [-0.4, -0.2) is 31.0 Å². The molecule has 0 fully saturated rings. The number of hydrogen-bond acceptors (Lipinski definition) is 7. The van der Waals surface area contributed by atoms with E-state index >= 15 is 0 Å². The first-order chi connectivity index (χ1) is 21.2. The molecule has 9 heteroatoms. The van der Waals surface area contributed by atoms with Gasteiger partial charge in [0.05, 0.1) is 16.8 Å². The Morgan fingerprint density at radius 3 is 2.53 bits per heavy atom. The van der Waals surface area contributed by atoms with Crippen LogP contribution in [-0.2, 0) is 0 Å². The maximum absolute atomic E-state index is 13.5. The standard InChI is InChI=1S/C34H29N5O3S/c1-2-3-4-10-19-41-27-17-15-23(16-18-27)32-35-34-39(37-32)33(40)30(43-34)21-25-22-38(26-12-6-5-7-13-26)36-31(25)29-20-24-11-8-9-14-28(24)42-29/h5-9,11-18,20-22H,2-4,10,19H2,1H3/b30-21-. The molecular weight excluding hydrogens is 558 g/mol. The van der Waals surface area contributed by atoms with Crippen molar-refractivity contribution in [3.63, 3.8) is 0 Å². The van der Waals surface area contributed by atoms with Crippen LogP contribution in [0.4, 0.5) is 0 Å². The smallest absolute Gasteiger partial charge is 0.291 e. The first-order valence-corrected chi connectivity index (χ1v) is 15.3. The Morgan fingerprint density at radius 1 is 0.930 bits per heavy atom. The van der Waals surface area contributed by atoms with E-state index in [1.165, 1.54) is 35.1 Å². The van der Waals surface area contributed by atoms with E-state index in [4.69, 9.17) is 14.3 Å². The number of para-hydroxylation sites is 2. The van der Waals surface area contributed by atoms with Crippen LogP contribution in [0.25, 0.3) is 50.5 Å². The average Bonchev–Trinajstić information content (AvgIpc) is 3.82. The normalized spacial score (nSPS) is 12.1. The van der Waals surface area contributed by atoms with Crippen molar-refractivity contribution in [1.29, 1.82) is 0 Å². The maximum atomic E-state index is 13.5. The largest absolute Gasteiger partial charge is 0.494 e. The van der Waals surface area contributed by atoms with Gasteiger partial charge in [-0.15, -0.1) is 5.10 Å². The lowest BCUT2D eigenvalue weighted by molar-refractivity contribution is 0.305. The van der Waals surface area contributed by atoms with Crippen LogP contribution >= 0.6 is 11.3 Å². The Labute approximate surface area is 251 Å². The lowest BCUT2D eigenvalue weighted by Crippen LogP contribution is -2.23. The summed E-state index contributed by atoms with van der Waals surface area (Å²) in [7, 11) is 0. The van der Waals surface area contributed by atoms with E-state index in [-0.39, 0.29) is 5.56 Å². The number of thiazole rings is 1. The molecule has 7 rings (SSSR count). The Kier molecular flexibility index (Phi) is 7.30. The van der Waals surface area contributed by atoms with Crippen LogP contribution in [0.1, 0.15) is 38.2 Å². The van der Waals surface area contributed by atoms with E-state index in [2.05, 4.69) is 17.0 Å². The summed E-state index contributed by atoms with van der Waals surface area (Å²) in [6.45, 7) is 2.91. The molecule has 0 atom stereocenters. The maximum Gasteiger partial charge on any atom is 0.291 e. The summed E-state index contributed by atoms with van der Waals surface area (Å²) in [5, 5.41) is 10.4. The van der Waals surface area contributed by atoms with Crippen molar-refractivity contribution in [2.45, 2.75) is 32.6 Å². The molecule has 7 aromatic rings. The fraction of sp³-hybridized carbons (Fsp3) is 0.176. The summed E-state index contributed by atoms with van der Waals surface area (Å²) < 4.78 is 15.7. The quantitative estimate of drug-likeness (QED) is 0.161. The molecule has 4 aromatic heterocycles. The lowest BCUT2D eigenvalue weighted by Gasteiger charge is -2.06. The molecule has 0 N–H and O–H groups in total. The van der Waals surface area contributed by atoms with Gasteiger partial charge in [-0.1, -0.05) is 73.9 Å². The summed E-state index contributed by atoms with van der Waals surface area (Å²) in [5.41, 5.74) is 3.69. The lowest BCUT2D eigenvalue weighted by atomic mass is 10.2. The van der Waals surface area contributed by atoms with Crippen LogP contribution < -0.4 is 14.8 Å². The zero-order chi connectivity index (χ0) is 29.2. The number of hydrogen-bond donors (Lipinski definition) is 0. The van der Waals surface area contributed by atoms with Gasteiger partial charge in [0, 0.05) is 22.7 Å². The van der Waals surface area contributed by atoms with Gasteiger partial charge in [0.2, 0.25) is 4.96 Å². The Morgan fingerprint density at radius 2 is 1.74 bits per heavy atom. The van der Waals surface area contributed by atoms with Crippen molar-refractivity contribution in [2.24, 2.45) is 0 Å². The second kappa shape index (κ2) is 11.7. The van der Waals surface area contributed by atoms with Gasteiger partial charge in [-0.25, -0.2) is 4.68 Å². The molecule has 43 heavy (non-hydrogen) atoms. The molecule has 0 spiro atoms. The molecule has 0 saturated heterocycles. The molecule has 0 bridgehead atoms. The van der Waals surface area contributed by atoms with E-state index in [1.807, 2.05) is 97.2 Å². The number of aromatic nitrogens is 5. The number of rotatable bonds is 10. The zero-order valence-electron chi connectivity index (χ0n) is 23.6. The Balaban J connectivity index is 1.21. The fourth-order valence-corrected chi connectivity index (χ4v) is 5.91. The van der Waals surface area contributed by atoms with Crippen molar-refractivity contribution in [1.82, 2.24) is 24.4 Å². The molecule has 0 saturated carbocycles. The Hall–Kier alpha value is -5.02. The van der Waals surface area contributed by atoms with Crippen molar-refractivity contribution < 1.29 is 9.15 Å². The second-order valence-electron chi connectivity index (χ2n) is 10.3. The molecule has 0 aliphatic carbocycles. The SMILES string of the molecule is CCCCCCOc1ccc(-c2nc3s/c(=C\c4cn(-c5ccccc5)nc4-c4cc5ccccc5o4)c(=O)n3n2)cc1.